The molecule has 0 saturated heterocycles. The number of benzene rings is 2. The van der Waals surface area contributed by atoms with Gasteiger partial charge in [-0.3, -0.25) is 4.79 Å². The first-order chi connectivity index (χ1) is 14.2. The summed E-state index contributed by atoms with van der Waals surface area (Å²) >= 11 is 0. The number of amides is 1. The molecule has 1 fully saturated rings. The standard InChI is InChI=1S/C23H21NO5/c25-22(24-17-11-12-17)21(16-7-3-1-4-8-16)29-23(26)20-14-13-19(28-20)15-27-18-9-5-2-6-10-18/h1-10,13-14,17,21H,11-12,15H2,(H,24,25)/t21-/m1/s1. The Kier molecular flexibility index (Phi) is 5.61. The third-order valence-corrected chi connectivity index (χ3v) is 4.48. The quantitative estimate of drug-likeness (QED) is 0.587. The maximum Gasteiger partial charge on any atom is 0.375 e. The molecule has 29 heavy (non-hydrogen) atoms. The van der Waals surface area contributed by atoms with Gasteiger partial charge < -0.3 is 19.2 Å². The Morgan fingerprint density at radius 2 is 1.66 bits per heavy atom. The lowest BCUT2D eigenvalue weighted by molar-refractivity contribution is -0.130. The highest BCUT2D eigenvalue weighted by Crippen LogP contribution is 2.24. The summed E-state index contributed by atoms with van der Waals surface area (Å²) in [4.78, 5) is 25.2. The molecule has 148 valence electrons. The zero-order valence-corrected chi connectivity index (χ0v) is 15.7. The lowest BCUT2D eigenvalue weighted by Gasteiger charge is -2.17. The van der Waals surface area contributed by atoms with E-state index in [2.05, 4.69) is 5.32 Å². The number of hydrogen-bond acceptors (Lipinski definition) is 5. The van der Waals surface area contributed by atoms with Crippen molar-refractivity contribution in [2.45, 2.75) is 31.6 Å². The van der Waals surface area contributed by atoms with Gasteiger partial charge in [-0.25, -0.2) is 4.79 Å². The van der Waals surface area contributed by atoms with Crippen LogP contribution in [0.15, 0.2) is 77.2 Å². The van der Waals surface area contributed by atoms with Gasteiger partial charge in [0.1, 0.15) is 18.1 Å². The van der Waals surface area contributed by atoms with Crippen LogP contribution in [-0.4, -0.2) is 17.9 Å². The van der Waals surface area contributed by atoms with Crippen molar-refractivity contribution in [1.82, 2.24) is 5.32 Å². The van der Waals surface area contributed by atoms with Gasteiger partial charge in [0, 0.05) is 11.6 Å². The van der Waals surface area contributed by atoms with Crippen molar-refractivity contribution in [2.24, 2.45) is 0 Å². The highest BCUT2D eigenvalue weighted by Gasteiger charge is 2.31. The summed E-state index contributed by atoms with van der Waals surface area (Å²) in [6.45, 7) is 0.182. The Bertz CT molecular complexity index is 963. The number of carbonyl (C=O) groups excluding carboxylic acids is 2. The Morgan fingerprint density at radius 3 is 2.34 bits per heavy atom. The van der Waals surface area contributed by atoms with E-state index in [0.29, 0.717) is 17.1 Å². The lowest BCUT2D eigenvalue weighted by Crippen LogP contribution is -2.33. The van der Waals surface area contributed by atoms with Crippen molar-refractivity contribution >= 4 is 11.9 Å². The van der Waals surface area contributed by atoms with Crippen LogP contribution in [0.25, 0.3) is 0 Å². The van der Waals surface area contributed by atoms with Crippen LogP contribution in [-0.2, 0) is 16.1 Å². The summed E-state index contributed by atoms with van der Waals surface area (Å²) in [5, 5.41) is 2.89. The van der Waals surface area contributed by atoms with Crippen molar-refractivity contribution in [1.29, 1.82) is 0 Å². The third-order valence-electron chi connectivity index (χ3n) is 4.48. The average Bonchev–Trinajstić information content (AvgIpc) is 3.44. The highest BCUT2D eigenvalue weighted by atomic mass is 16.6. The van der Waals surface area contributed by atoms with Crippen LogP contribution < -0.4 is 10.1 Å². The minimum absolute atomic E-state index is 0.0248. The molecule has 0 aliphatic heterocycles. The van der Waals surface area contributed by atoms with Crippen LogP contribution >= 0.6 is 0 Å². The number of carbonyl (C=O) groups is 2. The van der Waals surface area contributed by atoms with E-state index in [0.717, 1.165) is 12.8 Å². The first kappa shape index (κ1) is 18.8. The monoisotopic (exact) mass is 391 g/mol. The number of hydrogen-bond donors (Lipinski definition) is 1. The normalized spacial score (nSPS) is 14.1. The van der Waals surface area contributed by atoms with Gasteiger partial charge in [0.15, 0.2) is 0 Å². The van der Waals surface area contributed by atoms with Crippen LogP contribution in [0.2, 0.25) is 0 Å². The second-order valence-electron chi connectivity index (χ2n) is 6.85. The molecular formula is C23H21NO5. The van der Waals surface area contributed by atoms with E-state index in [1.165, 1.54) is 6.07 Å². The second kappa shape index (κ2) is 8.65. The van der Waals surface area contributed by atoms with Gasteiger partial charge in [-0.2, -0.15) is 0 Å². The molecule has 1 saturated carbocycles. The topological polar surface area (TPSA) is 77.8 Å². The van der Waals surface area contributed by atoms with Crippen molar-refractivity contribution in [3.05, 3.63) is 89.9 Å². The molecule has 1 atom stereocenters. The SMILES string of the molecule is O=C(O[C@@H](C(=O)NC1CC1)c1ccccc1)c1ccc(COc2ccccc2)o1. The van der Waals surface area contributed by atoms with E-state index in [1.54, 1.807) is 30.3 Å². The minimum Gasteiger partial charge on any atom is -0.486 e. The predicted octanol–water partition coefficient (Wildman–Crippen LogP) is 4.04. The Labute approximate surface area is 168 Å². The molecule has 1 N–H and O–H groups in total. The van der Waals surface area contributed by atoms with Crippen LogP contribution in [0.3, 0.4) is 0 Å². The molecule has 1 aliphatic carbocycles. The Hall–Kier alpha value is -3.54. The molecule has 6 nitrogen and oxygen atoms in total. The van der Waals surface area contributed by atoms with E-state index in [-0.39, 0.29) is 24.3 Å². The van der Waals surface area contributed by atoms with Crippen LogP contribution in [0.5, 0.6) is 5.75 Å². The second-order valence-corrected chi connectivity index (χ2v) is 6.85. The summed E-state index contributed by atoms with van der Waals surface area (Å²) < 4.78 is 16.7. The molecule has 4 rings (SSSR count). The Balaban J connectivity index is 1.42. The number of nitrogens with one attached hydrogen (secondary N) is 1. The van der Waals surface area contributed by atoms with Crippen LogP contribution in [0, 0.1) is 0 Å². The zero-order chi connectivity index (χ0) is 20.1. The number of rotatable bonds is 8. The fourth-order valence-corrected chi connectivity index (χ4v) is 2.81. The molecule has 1 aliphatic rings. The molecule has 0 radical (unpaired) electrons. The third kappa shape index (κ3) is 5.04. The molecule has 1 amide bonds. The van der Waals surface area contributed by atoms with Crippen molar-refractivity contribution < 1.29 is 23.5 Å². The molecule has 6 heteroatoms. The van der Waals surface area contributed by atoms with E-state index in [1.807, 2.05) is 36.4 Å². The average molecular weight is 391 g/mol. The summed E-state index contributed by atoms with van der Waals surface area (Å²) in [5.74, 6) is 0.187. The number of para-hydroxylation sites is 1. The van der Waals surface area contributed by atoms with Crippen molar-refractivity contribution in [3.63, 3.8) is 0 Å². The lowest BCUT2D eigenvalue weighted by atomic mass is 10.1. The molecular weight excluding hydrogens is 370 g/mol. The van der Waals surface area contributed by atoms with Crippen LogP contribution in [0.1, 0.15) is 40.8 Å². The highest BCUT2D eigenvalue weighted by molar-refractivity contribution is 5.90. The van der Waals surface area contributed by atoms with Gasteiger partial charge in [-0.1, -0.05) is 48.5 Å². The predicted molar refractivity (Wildman–Crippen MR) is 105 cm³/mol. The van der Waals surface area contributed by atoms with Gasteiger partial charge in [0.2, 0.25) is 11.9 Å². The molecule has 0 spiro atoms. The van der Waals surface area contributed by atoms with Gasteiger partial charge in [0.25, 0.3) is 5.91 Å². The largest absolute Gasteiger partial charge is 0.486 e. The maximum absolute atomic E-state index is 12.6. The molecule has 3 aromatic rings. The van der Waals surface area contributed by atoms with E-state index in [4.69, 9.17) is 13.9 Å². The van der Waals surface area contributed by atoms with Crippen molar-refractivity contribution in [2.75, 3.05) is 0 Å². The molecule has 1 aromatic heterocycles. The number of furan rings is 1. The van der Waals surface area contributed by atoms with E-state index in [9.17, 15) is 9.59 Å². The molecule has 2 aromatic carbocycles. The fourth-order valence-electron chi connectivity index (χ4n) is 2.81. The number of esters is 1. The zero-order valence-electron chi connectivity index (χ0n) is 15.7. The van der Waals surface area contributed by atoms with Gasteiger partial charge in [-0.15, -0.1) is 0 Å². The Morgan fingerprint density at radius 1 is 0.966 bits per heavy atom. The molecule has 0 bridgehead atoms. The summed E-state index contributed by atoms with van der Waals surface area (Å²) in [6.07, 6.45) is 0.868. The van der Waals surface area contributed by atoms with Gasteiger partial charge in [-0.05, 0) is 37.1 Å². The smallest absolute Gasteiger partial charge is 0.375 e. The maximum atomic E-state index is 12.6. The summed E-state index contributed by atoms with van der Waals surface area (Å²) in [7, 11) is 0. The summed E-state index contributed by atoms with van der Waals surface area (Å²) in [6, 6.07) is 21.6. The summed E-state index contributed by atoms with van der Waals surface area (Å²) in [5.41, 5.74) is 0.609. The minimum atomic E-state index is -1.03. The van der Waals surface area contributed by atoms with Crippen LogP contribution in [0.4, 0.5) is 0 Å². The van der Waals surface area contributed by atoms with Crippen molar-refractivity contribution in [3.8, 4) is 5.75 Å². The fraction of sp³-hybridized carbons (Fsp3) is 0.217. The first-order valence-electron chi connectivity index (χ1n) is 9.52. The number of ether oxygens (including phenoxy) is 2. The first-order valence-corrected chi connectivity index (χ1v) is 9.52. The van der Waals surface area contributed by atoms with E-state index >= 15 is 0 Å². The van der Waals surface area contributed by atoms with Gasteiger partial charge in [0.05, 0.1) is 0 Å². The van der Waals surface area contributed by atoms with Gasteiger partial charge >= 0.3 is 5.97 Å². The molecule has 1 heterocycles. The van der Waals surface area contributed by atoms with E-state index < -0.39 is 12.1 Å². The molecule has 0 unspecified atom stereocenters.